The summed E-state index contributed by atoms with van der Waals surface area (Å²) < 4.78 is 11.0. The van der Waals surface area contributed by atoms with Crippen LogP contribution in [0, 0.1) is 0 Å². The standard InChI is InChI=1S/C15H14Cl2N2O2/c1-20-14-4-2-10(8-19-18)6-11(14)9-21-15-5-3-12(16)7-13(15)17/h2-8H,9,18H2,1H3. The van der Waals surface area contributed by atoms with Gasteiger partial charge in [-0.3, -0.25) is 0 Å². The number of nitrogens with zero attached hydrogens (tertiary/aromatic N) is 1. The summed E-state index contributed by atoms with van der Waals surface area (Å²) in [7, 11) is 1.60. The van der Waals surface area contributed by atoms with Gasteiger partial charge in [0, 0.05) is 10.6 Å². The Labute approximate surface area is 133 Å². The van der Waals surface area contributed by atoms with Crippen molar-refractivity contribution < 1.29 is 9.47 Å². The fourth-order valence-electron chi connectivity index (χ4n) is 1.83. The van der Waals surface area contributed by atoms with E-state index in [1.54, 1.807) is 31.5 Å². The molecule has 0 bridgehead atoms. The molecule has 0 atom stereocenters. The van der Waals surface area contributed by atoms with Gasteiger partial charge in [0.05, 0.1) is 18.3 Å². The second kappa shape index (κ2) is 7.20. The topological polar surface area (TPSA) is 56.8 Å². The molecular weight excluding hydrogens is 311 g/mol. The predicted octanol–water partition coefficient (Wildman–Crippen LogP) is 3.87. The molecule has 0 aliphatic carbocycles. The van der Waals surface area contributed by atoms with Crippen LogP contribution >= 0.6 is 23.2 Å². The molecule has 0 amide bonds. The molecule has 21 heavy (non-hydrogen) atoms. The minimum Gasteiger partial charge on any atom is -0.496 e. The van der Waals surface area contributed by atoms with Crippen molar-refractivity contribution in [2.75, 3.05) is 7.11 Å². The fourth-order valence-corrected chi connectivity index (χ4v) is 2.29. The van der Waals surface area contributed by atoms with Gasteiger partial charge in [0.1, 0.15) is 18.1 Å². The van der Waals surface area contributed by atoms with Crippen LogP contribution in [0.2, 0.25) is 10.0 Å². The van der Waals surface area contributed by atoms with Gasteiger partial charge in [-0.2, -0.15) is 5.10 Å². The van der Waals surface area contributed by atoms with Crippen LogP contribution in [0.15, 0.2) is 41.5 Å². The third-order valence-corrected chi connectivity index (χ3v) is 3.34. The quantitative estimate of drug-likeness (QED) is 0.516. The minimum absolute atomic E-state index is 0.302. The third-order valence-electron chi connectivity index (χ3n) is 2.81. The number of hydrogen-bond donors (Lipinski definition) is 1. The Bertz CT molecular complexity index is 660. The molecular formula is C15H14Cl2N2O2. The highest BCUT2D eigenvalue weighted by Gasteiger charge is 2.07. The lowest BCUT2D eigenvalue weighted by atomic mass is 10.1. The van der Waals surface area contributed by atoms with Crippen LogP contribution in [0.1, 0.15) is 11.1 Å². The maximum Gasteiger partial charge on any atom is 0.138 e. The van der Waals surface area contributed by atoms with Gasteiger partial charge in [0.2, 0.25) is 0 Å². The van der Waals surface area contributed by atoms with Gasteiger partial charge in [-0.25, -0.2) is 0 Å². The fraction of sp³-hybridized carbons (Fsp3) is 0.133. The summed E-state index contributed by atoms with van der Waals surface area (Å²) in [4.78, 5) is 0. The molecule has 4 nitrogen and oxygen atoms in total. The van der Waals surface area contributed by atoms with Gasteiger partial charge < -0.3 is 15.3 Å². The number of methoxy groups -OCH3 is 1. The van der Waals surface area contributed by atoms with Gasteiger partial charge in [-0.15, -0.1) is 0 Å². The van der Waals surface area contributed by atoms with E-state index in [4.69, 9.17) is 38.5 Å². The van der Waals surface area contributed by atoms with Crippen molar-refractivity contribution in [3.8, 4) is 11.5 Å². The number of hydrazone groups is 1. The zero-order valence-electron chi connectivity index (χ0n) is 11.3. The SMILES string of the molecule is COc1ccc(C=NN)cc1COc1ccc(Cl)cc1Cl. The molecule has 0 fully saturated rings. The van der Waals surface area contributed by atoms with E-state index in [1.165, 1.54) is 0 Å². The van der Waals surface area contributed by atoms with Crippen molar-refractivity contribution in [2.45, 2.75) is 6.61 Å². The van der Waals surface area contributed by atoms with Crippen LogP contribution in [0.5, 0.6) is 11.5 Å². The van der Waals surface area contributed by atoms with Crippen LogP contribution in [-0.4, -0.2) is 13.3 Å². The Hall–Kier alpha value is -1.91. The lowest BCUT2D eigenvalue weighted by Crippen LogP contribution is -2.00. The maximum absolute atomic E-state index is 6.07. The molecule has 2 rings (SSSR count). The monoisotopic (exact) mass is 324 g/mol. The Morgan fingerprint density at radius 3 is 2.57 bits per heavy atom. The van der Waals surface area contributed by atoms with Crippen LogP contribution in [-0.2, 0) is 6.61 Å². The van der Waals surface area contributed by atoms with E-state index in [-0.39, 0.29) is 0 Å². The van der Waals surface area contributed by atoms with E-state index in [0.29, 0.717) is 28.2 Å². The highest BCUT2D eigenvalue weighted by atomic mass is 35.5. The first-order chi connectivity index (χ1) is 10.1. The average molecular weight is 325 g/mol. The molecule has 2 N–H and O–H groups in total. The maximum atomic E-state index is 6.07. The van der Waals surface area contributed by atoms with Gasteiger partial charge >= 0.3 is 0 Å². The van der Waals surface area contributed by atoms with Crippen molar-refractivity contribution >= 4 is 29.4 Å². The normalized spacial score (nSPS) is 10.8. The molecule has 0 heterocycles. The van der Waals surface area contributed by atoms with E-state index in [2.05, 4.69) is 5.10 Å². The molecule has 110 valence electrons. The van der Waals surface area contributed by atoms with E-state index in [1.807, 2.05) is 18.2 Å². The van der Waals surface area contributed by atoms with Crippen molar-refractivity contribution in [3.63, 3.8) is 0 Å². The second-order valence-electron chi connectivity index (χ2n) is 4.21. The van der Waals surface area contributed by atoms with Crippen LogP contribution in [0.4, 0.5) is 0 Å². The summed E-state index contributed by atoms with van der Waals surface area (Å²) in [5.74, 6) is 6.43. The Kier molecular flexibility index (Phi) is 5.31. The molecule has 0 aliphatic heterocycles. The highest BCUT2D eigenvalue weighted by Crippen LogP contribution is 2.29. The van der Waals surface area contributed by atoms with Crippen LogP contribution in [0.25, 0.3) is 0 Å². The summed E-state index contributed by atoms with van der Waals surface area (Å²) in [5.41, 5.74) is 1.72. The van der Waals surface area contributed by atoms with Gasteiger partial charge in [0.25, 0.3) is 0 Å². The average Bonchev–Trinajstić information content (AvgIpc) is 2.47. The predicted molar refractivity (Wildman–Crippen MR) is 85.6 cm³/mol. The summed E-state index contributed by atoms with van der Waals surface area (Å²) in [5, 5.41) is 4.52. The Morgan fingerprint density at radius 2 is 1.90 bits per heavy atom. The molecule has 0 unspecified atom stereocenters. The number of hydrogen-bond acceptors (Lipinski definition) is 4. The first kappa shape index (κ1) is 15.5. The van der Waals surface area contributed by atoms with Gasteiger partial charge in [-0.05, 0) is 42.0 Å². The molecule has 6 heteroatoms. The van der Waals surface area contributed by atoms with Gasteiger partial charge in [-0.1, -0.05) is 23.2 Å². The number of halogens is 2. The summed E-state index contributed by atoms with van der Waals surface area (Å²) in [6.45, 7) is 0.302. The van der Waals surface area contributed by atoms with Crippen molar-refractivity contribution in [1.29, 1.82) is 0 Å². The van der Waals surface area contributed by atoms with E-state index in [9.17, 15) is 0 Å². The molecule has 2 aromatic carbocycles. The molecule has 0 saturated heterocycles. The summed E-state index contributed by atoms with van der Waals surface area (Å²) in [6, 6.07) is 10.7. The number of ether oxygens (including phenoxy) is 2. The Morgan fingerprint density at radius 1 is 1.14 bits per heavy atom. The smallest absolute Gasteiger partial charge is 0.138 e. The van der Waals surface area contributed by atoms with E-state index < -0.39 is 0 Å². The second-order valence-corrected chi connectivity index (χ2v) is 5.06. The van der Waals surface area contributed by atoms with Crippen molar-refractivity contribution in [2.24, 2.45) is 10.9 Å². The molecule has 0 saturated carbocycles. The molecule has 0 radical (unpaired) electrons. The molecule has 0 aromatic heterocycles. The summed E-state index contributed by atoms with van der Waals surface area (Å²) >= 11 is 11.9. The lowest BCUT2D eigenvalue weighted by Gasteiger charge is -2.12. The highest BCUT2D eigenvalue weighted by molar-refractivity contribution is 6.35. The van der Waals surface area contributed by atoms with E-state index in [0.717, 1.165) is 11.1 Å². The first-order valence-corrected chi connectivity index (χ1v) is 6.87. The molecule has 2 aromatic rings. The van der Waals surface area contributed by atoms with Crippen LogP contribution in [0.3, 0.4) is 0 Å². The van der Waals surface area contributed by atoms with Crippen LogP contribution < -0.4 is 15.3 Å². The number of nitrogens with two attached hydrogens (primary N) is 1. The summed E-state index contributed by atoms with van der Waals surface area (Å²) in [6.07, 6.45) is 1.55. The largest absolute Gasteiger partial charge is 0.496 e. The number of rotatable bonds is 5. The molecule has 0 spiro atoms. The minimum atomic E-state index is 0.302. The van der Waals surface area contributed by atoms with Crippen molar-refractivity contribution in [3.05, 3.63) is 57.6 Å². The Balaban J connectivity index is 2.20. The number of benzene rings is 2. The zero-order valence-corrected chi connectivity index (χ0v) is 12.9. The third kappa shape index (κ3) is 4.03. The lowest BCUT2D eigenvalue weighted by molar-refractivity contribution is 0.297. The van der Waals surface area contributed by atoms with E-state index >= 15 is 0 Å². The van der Waals surface area contributed by atoms with Gasteiger partial charge in [0.15, 0.2) is 0 Å². The zero-order chi connectivity index (χ0) is 15.2. The first-order valence-electron chi connectivity index (χ1n) is 6.12. The van der Waals surface area contributed by atoms with Crippen molar-refractivity contribution in [1.82, 2.24) is 0 Å². The molecule has 0 aliphatic rings.